The summed E-state index contributed by atoms with van der Waals surface area (Å²) < 4.78 is 15.9. The Morgan fingerprint density at radius 2 is 1.96 bits per heavy atom. The summed E-state index contributed by atoms with van der Waals surface area (Å²) in [6.07, 6.45) is 0. The molecule has 0 saturated heterocycles. The number of carbonyl (C=O) groups is 1. The summed E-state index contributed by atoms with van der Waals surface area (Å²) >= 11 is 6.22. The Morgan fingerprint density at radius 3 is 2.64 bits per heavy atom. The molecule has 134 valence electrons. The molecule has 0 heterocycles. The topological polar surface area (TPSA) is 68.8 Å². The predicted molar refractivity (Wildman–Crippen MR) is 98.0 cm³/mol. The number of ether oxygens (including phenoxy) is 3. The number of hydrogen-bond donors (Lipinski definition) is 2. The molecule has 0 aromatic heterocycles. The average Bonchev–Trinajstić information content (AvgIpc) is 2.62. The Labute approximate surface area is 152 Å². The Balaban J connectivity index is 2.00. The first-order valence-corrected chi connectivity index (χ1v) is 8.13. The van der Waals surface area contributed by atoms with E-state index in [0.29, 0.717) is 34.6 Å². The lowest BCUT2D eigenvalue weighted by Gasteiger charge is -2.14. The molecule has 0 spiro atoms. The van der Waals surface area contributed by atoms with Gasteiger partial charge in [-0.3, -0.25) is 0 Å². The van der Waals surface area contributed by atoms with E-state index in [2.05, 4.69) is 10.6 Å². The maximum atomic E-state index is 12.0. The maximum absolute atomic E-state index is 12.0. The highest BCUT2D eigenvalue weighted by Crippen LogP contribution is 2.36. The Morgan fingerprint density at radius 1 is 1.16 bits per heavy atom. The first kappa shape index (κ1) is 18.7. The number of benzene rings is 2. The molecule has 0 fully saturated rings. The number of nitrogens with one attached hydrogen (secondary N) is 2. The van der Waals surface area contributed by atoms with Gasteiger partial charge in [0, 0.05) is 18.3 Å². The summed E-state index contributed by atoms with van der Waals surface area (Å²) in [4.78, 5) is 12.0. The van der Waals surface area contributed by atoms with Crippen LogP contribution in [0.1, 0.15) is 12.5 Å². The van der Waals surface area contributed by atoms with Gasteiger partial charge in [0.05, 0.1) is 25.8 Å². The van der Waals surface area contributed by atoms with Crippen molar-refractivity contribution < 1.29 is 19.0 Å². The van der Waals surface area contributed by atoms with Crippen molar-refractivity contribution >= 4 is 23.3 Å². The van der Waals surface area contributed by atoms with Crippen LogP contribution in [0, 0.1) is 0 Å². The second-order valence-electron chi connectivity index (χ2n) is 5.08. The van der Waals surface area contributed by atoms with Crippen LogP contribution >= 0.6 is 11.6 Å². The number of urea groups is 1. The van der Waals surface area contributed by atoms with Crippen LogP contribution in [0.5, 0.6) is 17.2 Å². The van der Waals surface area contributed by atoms with Crippen LogP contribution in [0.3, 0.4) is 0 Å². The second-order valence-corrected chi connectivity index (χ2v) is 5.49. The molecule has 0 saturated carbocycles. The number of hydrogen-bond acceptors (Lipinski definition) is 4. The highest BCUT2D eigenvalue weighted by atomic mass is 35.5. The van der Waals surface area contributed by atoms with Crippen LogP contribution in [0.15, 0.2) is 36.4 Å². The van der Waals surface area contributed by atoms with Crippen molar-refractivity contribution in [1.29, 1.82) is 0 Å². The summed E-state index contributed by atoms with van der Waals surface area (Å²) in [6, 6.07) is 10.3. The molecular formula is C18H21ClN2O4. The molecule has 2 aromatic carbocycles. The Bertz CT molecular complexity index is 737. The fourth-order valence-electron chi connectivity index (χ4n) is 2.22. The molecule has 0 atom stereocenters. The smallest absolute Gasteiger partial charge is 0.319 e. The fraction of sp³-hybridized carbons (Fsp3) is 0.278. The zero-order chi connectivity index (χ0) is 18.2. The van der Waals surface area contributed by atoms with Crippen LogP contribution in [0.4, 0.5) is 10.5 Å². The molecule has 7 heteroatoms. The molecule has 6 nitrogen and oxygen atoms in total. The van der Waals surface area contributed by atoms with Crippen LogP contribution in [-0.4, -0.2) is 26.9 Å². The Kier molecular flexibility index (Phi) is 6.77. The molecule has 2 aromatic rings. The van der Waals surface area contributed by atoms with E-state index in [-0.39, 0.29) is 12.6 Å². The van der Waals surface area contributed by atoms with Gasteiger partial charge in [0.1, 0.15) is 5.75 Å². The largest absolute Gasteiger partial charge is 0.497 e. The molecule has 0 radical (unpaired) electrons. The second kappa shape index (κ2) is 9.03. The number of carbonyl (C=O) groups excluding carboxylic acids is 1. The SMILES string of the molecule is CCOc1c(Cl)cc(CNC(=O)Nc2cccc(OC)c2)cc1OC. The fourth-order valence-corrected chi connectivity index (χ4v) is 2.51. The van der Waals surface area contributed by atoms with Crippen molar-refractivity contribution in [1.82, 2.24) is 5.32 Å². The zero-order valence-electron chi connectivity index (χ0n) is 14.4. The molecule has 0 aliphatic rings. The van der Waals surface area contributed by atoms with E-state index in [1.165, 1.54) is 0 Å². The minimum Gasteiger partial charge on any atom is -0.497 e. The van der Waals surface area contributed by atoms with Crippen molar-refractivity contribution in [2.75, 3.05) is 26.1 Å². The summed E-state index contributed by atoms with van der Waals surface area (Å²) in [5.74, 6) is 1.69. The summed E-state index contributed by atoms with van der Waals surface area (Å²) in [6.45, 7) is 2.64. The van der Waals surface area contributed by atoms with E-state index < -0.39 is 0 Å². The van der Waals surface area contributed by atoms with Crippen molar-refractivity contribution in [3.05, 3.63) is 47.0 Å². The summed E-state index contributed by atoms with van der Waals surface area (Å²) in [7, 11) is 3.11. The monoisotopic (exact) mass is 364 g/mol. The number of anilines is 1. The van der Waals surface area contributed by atoms with Gasteiger partial charge in [-0.2, -0.15) is 0 Å². The van der Waals surface area contributed by atoms with Gasteiger partial charge in [-0.1, -0.05) is 17.7 Å². The molecular weight excluding hydrogens is 344 g/mol. The van der Waals surface area contributed by atoms with E-state index in [9.17, 15) is 4.79 Å². The first-order valence-electron chi connectivity index (χ1n) is 7.75. The lowest BCUT2D eigenvalue weighted by atomic mass is 10.2. The van der Waals surface area contributed by atoms with Crippen LogP contribution in [0.25, 0.3) is 0 Å². The number of methoxy groups -OCH3 is 2. The van der Waals surface area contributed by atoms with Gasteiger partial charge in [-0.05, 0) is 36.8 Å². The van der Waals surface area contributed by atoms with Gasteiger partial charge in [0.15, 0.2) is 11.5 Å². The highest BCUT2D eigenvalue weighted by molar-refractivity contribution is 6.32. The van der Waals surface area contributed by atoms with Gasteiger partial charge < -0.3 is 24.8 Å². The van der Waals surface area contributed by atoms with Gasteiger partial charge in [-0.15, -0.1) is 0 Å². The molecule has 0 unspecified atom stereocenters. The molecule has 2 amide bonds. The van der Waals surface area contributed by atoms with Crippen LogP contribution in [-0.2, 0) is 6.54 Å². The third-order valence-electron chi connectivity index (χ3n) is 3.36. The van der Waals surface area contributed by atoms with Crippen molar-refractivity contribution in [2.24, 2.45) is 0 Å². The quantitative estimate of drug-likeness (QED) is 0.776. The van der Waals surface area contributed by atoms with E-state index in [0.717, 1.165) is 5.56 Å². The minimum atomic E-state index is -0.336. The molecule has 0 aliphatic carbocycles. The standard InChI is InChI=1S/C18H21ClN2O4/c1-4-25-17-15(19)8-12(9-16(17)24-3)11-20-18(22)21-13-6-5-7-14(10-13)23-2/h5-10H,4,11H2,1-3H3,(H2,20,21,22). The third-order valence-corrected chi connectivity index (χ3v) is 3.64. The summed E-state index contributed by atoms with van der Waals surface area (Å²) in [5, 5.41) is 5.95. The van der Waals surface area contributed by atoms with Crippen LogP contribution < -0.4 is 24.8 Å². The molecule has 2 N–H and O–H groups in total. The van der Waals surface area contributed by atoms with E-state index in [1.807, 2.05) is 6.92 Å². The van der Waals surface area contributed by atoms with E-state index >= 15 is 0 Å². The van der Waals surface area contributed by atoms with Crippen molar-refractivity contribution in [3.63, 3.8) is 0 Å². The molecule has 0 aliphatic heterocycles. The lowest BCUT2D eigenvalue weighted by Crippen LogP contribution is -2.28. The number of halogens is 1. The van der Waals surface area contributed by atoms with Gasteiger partial charge in [0.2, 0.25) is 0 Å². The van der Waals surface area contributed by atoms with Gasteiger partial charge >= 0.3 is 6.03 Å². The maximum Gasteiger partial charge on any atom is 0.319 e. The third kappa shape index (κ3) is 5.19. The van der Waals surface area contributed by atoms with Gasteiger partial charge in [0.25, 0.3) is 0 Å². The normalized spacial score (nSPS) is 10.1. The molecule has 25 heavy (non-hydrogen) atoms. The Hall–Kier alpha value is -2.60. The first-order chi connectivity index (χ1) is 12.1. The number of amides is 2. The zero-order valence-corrected chi connectivity index (χ0v) is 15.1. The van der Waals surface area contributed by atoms with Crippen LogP contribution in [0.2, 0.25) is 5.02 Å². The molecule has 0 bridgehead atoms. The van der Waals surface area contributed by atoms with Crippen molar-refractivity contribution in [2.45, 2.75) is 13.5 Å². The predicted octanol–water partition coefficient (Wildman–Crippen LogP) is 4.08. The van der Waals surface area contributed by atoms with Gasteiger partial charge in [-0.25, -0.2) is 4.79 Å². The summed E-state index contributed by atoms with van der Waals surface area (Å²) in [5.41, 5.74) is 1.44. The average molecular weight is 365 g/mol. The van der Waals surface area contributed by atoms with Crippen molar-refractivity contribution in [3.8, 4) is 17.2 Å². The number of rotatable bonds is 7. The van der Waals surface area contributed by atoms with E-state index in [4.69, 9.17) is 25.8 Å². The minimum absolute atomic E-state index is 0.290. The highest BCUT2D eigenvalue weighted by Gasteiger charge is 2.12. The molecule has 2 rings (SSSR count). The lowest BCUT2D eigenvalue weighted by molar-refractivity contribution is 0.251. The van der Waals surface area contributed by atoms with E-state index in [1.54, 1.807) is 50.6 Å².